The number of benzene rings is 4. The van der Waals surface area contributed by atoms with Crippen molar-refractivity contribution in [1.82, 2.24) is 9.44 Å². The summed E-state index contributed by atoms with van der Waals surface area (Å²) in [7, 11) is -12.4. The zero-order valence-corrected chi connectivity index (χ0v) is 51.4. The van der Waals surface area contributed by atoms with E-state index >= 15 is 0 Å². The quantitative estimate of drug-likeness (QED) is 0.139. The number of carbonyl (C=O) groups excluding carboxylic acids is 2. The molecule has 0 fully saturated rings. The molecule has 0 unspecified atom stereocenters. The van der Waals surface area contributed by atoms with Gasteiger partial charge in [-0.05, 0) is 88.4 Å². The van der Waals surface area contributed by atoms with Gasteiger partial charge in [0.15, 0.2) is 13.2 Å². The van der Waals surface area contributed by atoms with E-state index in [1.54, 1.807) is 12.1 Å². The van der Waals surface area contributed by atoms with Crippen LogP contribution >= 0.6 is 0 Å². The Morgan fingerprint density at radius 2 is 0.607 bits per heavy atom. The van der Waals surface area contributed by atoms with Gasteiger partial charge in [0.25, 0.3) is 11.8 Å². The smallest absolute Gasteiger partial charge is 0.491 e. The van der Waals surface area contributed by atoms with Gasteiger partial charge in [-0.25, -0.2) is 9.44 Å². The Kier molecular flexibility index (Phi) is 21.3. The van der Waals surface area contributed by atoms with Crippen molar-refractivity contribution < 1.29 is 90.7 Å². The molecular formula is C60H78F6N2O14S2. The average molecular weight is 1230 g/mol. The molecule has 466 valence electrons. The van der Waals surface area contributed by atoms with E-state index in [0.29, 0.717) is 69.2 Å². The fourth-order valence-corrected chi connectivity index (χ4v) is 10.2. The lowest BCUT2D eigenvalue weighted by atomic mass is 9.79. The second-order valence-electron chi connectivity index (χ2n) is 24.9. The number of halogens is 6. The average Bonchev–Trinajstić information content (AvgIpc) is 1.63. The van der Waals surface area contributed by atoms with Crippen LogP contribution in [0.25, 0.3) is 0 Å². The van der Waals surface area contributed by atoms with Crippen LogP contribution in [0.15, 0.2) is 48.5 Å². The molecule has 2 N–H and O–H groups in total. The van der Waals surface area contributed by atoms with Gasteiger partial charge >= 0.3 is 31.1 Å². The van der Waals surface area contributed by atoms with Gasteiger partial charge in [-0.2, -0.15) is 43.2 Å². The number of alkyl halides is 6. The van der Waals surface area contributed by atoms with Crippen LogP contribution in [-0.2, 0) is 95.9 Å². The van der Waals surface area contributed by atoms with Crippen molar-refractivity contribution >= 4 is 31.9 Å². The monoisotopic (exact) mass is 1230 g/mol. The predicted octanol–water partition coefficient (Wildman–Crippen LogP) is 10.1. The Balaban J connectivity index is 1.76. The van der Waals surface area contributed by atoms with Crippen LogP contribution in [0, 0.1) is 0 Å². The molecule has 0 spiro atoms. The molecule has 2 amide bonds. The van der Waals surface area contributed by atoms with E-state index in [1.807, 2.05) is 107 Å². The highest BCUT2D eigenvalue weighted by Gasteiger charge is 2.48. The molecule has 0 radical (unpaired) electrons. The molecule has 24 heteroatoms. The number of carbonyl (C=O) groups is 2. The zero-order valence-electron chi connectivity index (χ0n) is 49.7. The van der Waals surface area contributed by atoms with Crippen molar-refractivity contribution in [3.63, 3.8) is 0 Å². The highest BCUT2D eigenvalue weighted by molar-refractivity contribution is 7.91. The zero-order chi connectivity index (χ0) is 62.4. The molecule has 2 aliphatic rings. The molecule has 1 aliphatic carbocycles. The van der Waals surface area contributed by atoms with Crippen molar-refractivity contribution in [2.45, 2.75) is 141 Å². The van der Waals surface area contributed by atoms with E-state index in [2.05, 4.69) is 12.1 Å². The number of rotatable bonds is 8. The van der Waals surface area contributed by atoms with E-state index in [-0.39, 0.29) is 101 Å². The molecule has 84 heavy (non-hydrogen) atoms. The molecule has 6 rings (SSSR count). The Bertz CT molecular complexity index is 3030. The second kappa shape index (κ2) is 26.5. The molecular weight excluding hydrogens is 1150 g/mol. The summed E-state index contributed by atoms with van der Waals surface area (Å²) in [6.45, 7) is 23.5. The van der Waals surface area contributed by atoms with Gasteiger partial charge in [-0.3, -0.25) is 9.59 Å². The standard InChI is InChI=1S/C60H78F6N2O14S2/c1-55(2,3)45-27-37-23-38-28-46(56(4,5)6)30-40-25-42-32-48(58(10,11)12)34-44(54(42)82-36-50(70)68-84(73,74)60(64,65)66)26-43-33-47(57(7,8)9)31-41(53(43)81-35-49(69)67-83(71,72)59(61,62)63)24-39(29-45)51(37)79-21-19-77-17-15-75-13-14-76-16-18-78-20-22-80-52(38)40/h27-34H,13-26,35-36H2,1-12H3,(H,67,69)(H,68,70). The third-order valence-electron chi connectivity index (χ3n) is 13.8. The maximum absolute atomic E-state index is 13.7. The van der Waals surface area contributed by atoms with E-state index in [1.165, 1.54) is 0 Å². The number of hydrogen-bond donors (Lipinski definition) is 2. The lowest BCUT2D eigenvalue weighted by Gasteiger charge is -2.29. The molecule has 0 saturated heterocycles. The SMILES string of the molecule is CC(C)(C)c1cc2c3c(c1)Cc1cc(C(C)(C)C)cc(c1OCC(=O)NS(=O)(=O)C(F)(F)F)Cc1cc(C(C)(C)C)cc(c1OCC(=O)NS(=O)(=O)C(F)(F)F)Cc1cc(C(C)(C)C)cc(c1OCCOCCOCCOCCOCCO3)C2. The molecule has 0 atom stereocenters. The summed E-state index contributed by atoms with van der Waals surface area (Å²) >= 11 is 0. The topological polar surface area (TPSA) is 200 Å². The normalized spacial score (nSPS) is 16.2. The molecule has 0 aromatic heterocycles. The van der Waals surface area contributed by atoms with E-state index < -0.39 is 77.8 Å². The highest BCUT2D eigenvalue weighted by atomic mass is 32.2. The van der Waals surface area contributed by atoms with Crippen LogP contribution in [0.2, 0.25) is 0 Å². The van der Waals surface area contributed by atoms with Gasteiger partial charge in [-0.15, -0.1) is 0 Å². The van der Waals surface area contributed by atoms with Crippen LogP contribution in [0.1, 0.15) is 150 Å². The lowest BCUT2D eigenvalue weighted by molar-refractivity contribution is -0.122. The van der Waals surface area contributed by atoms with Crippen LogP contribution in [0.4, 0.5) is 26.3 Å². The molecule has 0 saturated carbocycles. The summed E-state index contributed by atoms with van der Waals surface area (Å²) < 4.78 is 183. The maximum Gasteiger partial charge on any atom is 0.516 e. The molecule has 16 nitrogen and oxygen atoms in total. The van der Waals surface area contributed by atoms with Crippen LogP contribution in [0.3, 0.4) is 0 Å². The Hall–Kier alpha value is -5.66. The Morgan fingerprint density at radius 1 is 0.393 bits per heavy atom. The first-order chi connectivity index (χ1) is 38.7. The molecule has 1 heterocycles. The summed E-state index contributed by atoms with van der Waals surface area (Å²) in [5, 5.41) is 0. The van der Waals surface area contributed by atoms with Gasteiger partial charge in [0.2, 0.25) is 0 Å². The highest BCUT2D eigenvalue weighted by Crippen LogP contribution is 2.45. The van der Waals surface area contributed by atoms with Gasteiger partial charge < -0.3 is 37.9 Å². The minimum atomic E-state index is -6.18. The van der Waals surface area contributed by atoms with E-state index in [4.69, 9.17) is 37.9 Å². The van der Waals surface area contributed by atoms with Crippen molar-refractivity contribution in [2.75, 3.05) is 79.3 Å². The molecule has 1 aliphatic heterocycles. The largest absolute Gasteiger partial charge is 0.516 e. The van der Waals surface area contributed by atoms with Crippen molar-refractivity contribution in [3.05, 3.63) is 115 Å². The number of fused-ring (bicyclic) bond motifs is 4. The lowest BCUT2D eigenvalue weighted by Crippen LogP contribution is -2.42. The van der Waals surface area contributed by atoms with Gasteiger partial charge in [0.05, 0.1) is 52.9 Å². The van der Waals surface area contributed by atoms with E-state index in [9.17, 15) is 52.8 Å². The third kappa shape index (κ3) is 18.0. The van der Waals surface area contributed by atoms with E-state index in [0.717, 1.165) is 20.6 Å². The van der Waals surface area contributed by atoms with Crippen molar-refractivity contribution in [2.24, 2.45) is 0 Å². The third-order valence-corrected chi connectivity index (χ3v) is 16.0. The number of ether oxygens (including phenoxy) is 8. The summed E-state index contributed by atoms with van der Waals surface area (Å²) in [6, 6.07) is 15.2. The summed E-state index contributed by atoms with van der Waals surface area (Å²) in [4.78, 5) is 26.7. The van der Waals surface area contributed by atoms with Gasteiger partial charge in [0, 0.05) is 25.7 Å². The maximum atomic E-state index is 13.7. The first kappa shape index (κ1) is 67.5. The van der Waals surface area contributed by atoms with Gasteiger partial charge in [-0.1, -0.05) is 132 Å². The van der Waals surface area contributed by atoms with Crippen molar-refractivity contribution in [1.29, 1.82) is 0 Å². The molecule has 4 aromatic rings. The van der Waals surface area contributed by atoms with Crippen LogP contribution in [0.5, 0.6) is 23.0 Å². The van der Waals surface area contributed by atoms with Gasteiger partial charge in [0.1, 0.15) is 36.2 Å². The predicted molar refractivity (Wildman–Crippen MR) is 303 cm³/mol. The Morgan fingerprint density at radius 3 is 0.845 bits per heavy atom. The minimum Gasteiger partial charge on any atom is -0.491 e. The fraction of sp³-hybridized carbons (Fsp3) is 0.567. The minimum absolute atomic E-state index is 0.0315. The summed E-state index contributed by atoms with van der Waals surface area (Å²) in [6.07, 6.45) is -0.123. The Labute approximate surface area is 489 Å². The number of amides is 2. The van der Waals surface area contributed by atoms with Crippen LogP contribution < -0.4 is 28.4 Å². The molecule has 10 bridgehead atoms. The number of nitrogens with one attached hydrogen (secondary N) is 2. The number of sulfonamides is 2. The van der Waals surface area contributed by atoms with Crippen LogP contribution in [-0.4, -0.2) is 119 Å². The second-order valence-corrected chi connectivity index (χ2v) is 28.2. The first-order valence-electron chi connectivity index (χ1n) is 27.5. The molecule has 4 aromatic carbocycles. The summed E-state index contributed by atoms with van der Waals surface area (Å²) in [5.74, 6) is -2.50. The number of hydrogen-bond acceptors (Lipinski definition) is 14. The summed E-state index contributed by atoms with van der Waals surface area (Å²) in [5.41, 5.74) is -6.88. The fourth-order valence-electron chi connectivity index (χ4n) is 9.28. The van der Waals surface area contributed by atoms with Crippen molar-refractivity contribution in [3.8, 4) is 23.0 Å². The first-order valence-corrected chi connectivity index (χ1v) is 30.4.